The molecule has 20 heavy (non-hydrogen) atoms. The minimum atomic E-state index is 0.245. The monoisotopic (exact) mass is 293 g/mol. The van der Waals surface area contributed by atoms with Gasteiger partial charge in [-0.15, -0.1) is 0 Å². The number of nitrogens with one attached hydrogen (secondary N) is 2. The van der Waals surface area contributed by atoms with Gasteiger partial charge in [-0.3, -0.25) is 0 Å². The molecular formula is C14H16ClN3O2. The molecule has 0 saturated heterocycles. The molecule has 0 spiro atoms. The van der Waals surface area contributed by atoms with Crippen molar-refractivity contribution in [3.05, 3.63) is 40.9 Å². The van der Waals surface area contributed by atoms with Crippen LogP contribution in [0.2, 0.25) is 5.02 Å². The lowest BCUT2D eigenvalue weighted by Crippen LogP contribution is -2.15. The summed E-state index contributed by atoms with van der Waals surface area (Å²) in [4.78, 5) is 7.29. The molecule has 5 nitrogen and oxygen atoms in total. The quantitative estimate of drug-likeness (QED) is 0.804. The zero-order valence-electron chi connectivity index (χ0n) is 11.0. The normalized spacial score (nSPS) is 12.8. The number of aromatic amines is 1. The second-order valence-electron chi connectivity index (χ2n) is 4.63. The summed E-state index contributed by atoms with van der Waals surface area (Å²) < 4.78 is 10.6. The zero-order valence-corrected chi connectivity index (χ0v) is 11.7. The summed E-state index contributed by atoms with van der Waals surface area (Å²) in [6, 6.07) is 3.88. The number of ether oxygens (including phenoxy) is 2. The minimum Gasteiger partial charge on any atom is -0.454 e. The largest absolute Gasteiger partial charge is 0.454 e. The summed E-state index contributed by atoms with van der Waals surface area (Å²) in [6.45, 7) is 1.93. The number of aromatic nitrogens is 2. The van der Waals surface area contributed by atoms with E-state index in [4.69, 9.17) is 21.1 Å². The molecule has 0 saturated carbocycles. The number of nitrogens with zero attached hydrogens (tertiary/aromatic N) is 1. The molecular weight excluding hydrogens is 278 g/mol. The van der Waals surface area contributed by atoms with Gasteiger partial charge in [0.25, 0.3) is 0 Å². The van der Waals surface area contributed by atoms with Gasteiger partial charge in [0.05, 0.1) is 5.02 Å². The molecule has 1 aromatic carbocycles. The number of halogens is 1. The van der Waals surface area contributed by atoms with Crippen molar-refractivity contribution in [3.63, 3.8) is 0 Å². The number of rotatable bonds is 6. The summed E-state index contributed by atoms with van der Waals surface area (Å²) in [5.41, 5.74) is 1.09. The smallest absolute Gasteiger partial charge is 0.231 e. The molecule has 0 bridgehead atoms. The first-order chi connectivity index (χ1) is 9.83. The number of imidazole rings is 1. The van der Waals surface area contributed by atoms with Gasteiger partial charge in [0.1, 0.15) is 5.82 Å². The summed E-state index contributed by atoms with van der Waals surface area (Å²) >= 11 is 6.14. The van der Waals surface area contributed by atoms with Crippen molar-refractivity contribution in [1.29, 1.82) is 0 Å². The van der Waals surface area contributed by atoms with E-state index < -0.39 is 0 Å². The molecule has 0 radical (unpaired) electrons. The van der Waals surface area contributed by atoms with Crippen LogP contribution in [0.3, 0.4) is 0 Å². The van der Waals surface area contributed by atoms with Gasteiger partial charge in [-0.25, -0.2) is 4.98 Å². The summed E-state index contributed by atoms with van der Waals surface area (Å²) in [7, 11) is 0. The van der Waals surface area contributed by atoms with Crippen LogP contribution in [0, 0.1) is 0 Å². The summed E-state index contributed by atoms with van der Waals surface area (Å²) in [6.07, 6.45) is 5.60. The Bertz CT molecular complexity index is 572. The van der Waals surface area contributed by atoms with Crippen molar-refractivity contribution in [3.8, 4) is 11.5 Å². The maximum Gasteiger partial charge on any atom is 0.231 e. The molecule has 2 N–H and O–H groups in total. The van der Waals surface area contributed by atoms with E-state index in [1.54, 1.807) is 6.20 Å². The van der Waals surface area contributed by atoms with Gasteiger partial charge in [0.2, 0.25) is 6.79 Å². The molecule has 1 aliphatic rings. The van der Waals surface area contributed by atoms with E-state index in [0.29, 0.717) is 10.8 Å². The van der Waals surface area contributed by atoms with Crippen molar-refractivity contribution in [1.82, 2.24) is 15.3 Å². The van der Waals surface area contributed by atoms with E-state index in [1.807, 2.05) is 18.3 Å². The lowest BCUT2D eigenvalue weighted by atomic mass is 10.2. The maximum atomic E-state index is 6.14. The summed E-state index contributed by atoms with van der Waals surface area (Å²) in [5.74, 6) is 2.40. The van der Waals surface area contributed by atoms with Crippen molar-refractivity contribution in [2.45, 2.75) is 19.4 Å². The van der Waals surface area contributed by atoms with E-state index in [0.717, 1.165) is 43.1 Å². The predicted octanol–water partition coefficient (Wildman–Crippen LogP) is 2.51. The standard InChI is InChI=1S/C14H16ClN3O2/c15-11-6-10(7-12-14(11)20-9-19-12)8-16-3-1-2-13-17-4-5-18-13/h4-7,16H,1-3,8-9H2,(H,17,18). The van der Waals surface area contributed by atoms with Gasteiger partial charge < -0.3 is 19.8 Å². The Morgan fingerprint density at radius 1 is 1.35 bits per heavy atom. The van der Waals surface area contributed by atoms with Crippen LogP contribution < -0.4 is 14.8 Å². The van der Waals surface area contributed by atoms with E-state index in [1.165, 1.54) is 0 Å². The van der Waals surface area contributed by atoms with Crippen LogP contribution in [0.15, 0.2) is 24.5 Å². The number of benzene rings is 1. The predicted molar refractivity (Wildman–Crippen MR) is 76.2 cm³/mol. The summed E-state index contributed by atoms with van der Waals surface area (Å²) in [5, 5.41) is 3.99. The minimum absolute atomic E-state index is 0.245. The van der Waals surface area contributed by atoms with Gasteiger partial charge in [-0.1, -0.05) is 11.6 Å². The molecule has 1 aromatic heterocycles. The van der Waals surface area contributed by atoms with Crippen molar-refractivity contribution in [2.75, 3.05) is 13.3 Å². The average molecular weight is 294 g/mol. The second-order valence-corrected chi connectivity index (χ2v) is 5.03. The lowest BCUT2D eigenvalue weighted by Gasteiger charge is -2.07. The third-order valence-electron chi connectivity index (χ3n) is 3.14. The average Bonchev–Trinajstić information content (AvgIpc) is 3.08. The second kappa shape index (κ2) is 6.15. The highest BCUT2D eigenvalue weighted by Gasteiger charge is 2.17. The third kappa shape index (κ3) is 3.05. The molecule has 0 unspecified atom stereocenters. The number of aryl methyl sites for hydroxylation is 1. The highest BCUT2D eigenvalue weighted by Crippen LogP contribution is 2.39. The molecule has 0 atom stereocenters. The van der Waals surface area contributed by atoms with Crippen molar-refractivity contribution in [2.24, 2.45) is 0 Å². The highest BCUT2D eigenvalue weighted by molar-refractivity contribution is 6.32. The molecule has 3 rings (SSSR count). The van der Waals surface area contributed by atoms with E-state index >= 15 is 0 Å². The van der Waals surface area contributed by atoms with Crippen LogP contribution >= 0.6 is 11.6 Å². The molecule has 0 aliphatic carbocycles. The highest BCUT2D eigenvalue weighted by atomic mass is 35.5. The lowest BCUT2D eigenvalue weighted by molar-refractivity contribution is 0.174. The van der Waals surface area contributed by atoms with Crippen molar-refractivity contribution < 1.29 is 9.47 Å². The Labute approximate surface area is 122 Å². The van der Waals surface area contributed by atoms with Gasteiger partial charge in [-0.05, 0) is 30.7 Å². The van der Waals surface area contributed by atoms with E-state index in [9.17, 15) is 0 Å². The fourth-order valence-corrected chi connectivity index (χ4v) is 2.46. The van der Waals surface area contributed by atoms with E-state index in [2.05, 4.69) is 15.3 Å². The van der Waals surface area contributed by atoms with Gasteiger partial charge in [-0.2, -0.15) is 0 Å². The van der Waals surface area contributed by atoms with Crippen LogP contribution in [0.1, 0.15) is 17.8 Å². The van der Waals surface area contributed by atoms with Gasteiger partial charge in [0, 0.05) is 25.4 Å². The first-order valence-electron chi connectivity index (χ1n) is 6.60. The van der Waals surface area contributed by atoms with Crippen LogP contribution in [0.4, 0.5) is 0 Å². The molecule has 0 fully saturated rings. The van der Waals surface area contributed by atoms with Crippen LogP contribution in [-0.4, -0.2) is 23.3 Å². The fourth-order valence-electron chi connectivity index (χ4n) is 2.17. The molecule has 0 amide bonds. The van der Waals surface area contributed by atoms with Crippen LogP contribution in [0.25, 0.3) is 0 Å². The first-order valence-corrected chi connectivity index (χ1v) is 6.98. The Morgan fingerprint density at radius 3 is 3.15 bits per heavy atom. The van der Waals surface area contributed by atoms with Gasteiger partial charge >= 0.3 is 0 Å². The molecule has 1 aliphatic heterocycles. The molecule has 2 heterocycles. The fraction of sp³-hybridized carbons (Fsp3) is 0.357. The van der Waals surface area contributed by atoms with Gasteiger partial charge in [0.15, 0.2) is 11.5 Å². The van der Waals surface area contributed by atoms with E-state index in [-0.39, 0.29) is 6.79 Å². The molecule has 6 heteroatoms. The number of fused-ring (bicyclic) bond motifs is 1. The Balaban J connectivity index is 1.46. The first kappa shape index (κ1) is 13.3. The SMILES string of the molecule is Clc1cc(CNCCCc2ncc[nH]2)cc2c1OCO2. The van der Waals surface area contributed by atoms with Crippen LogP contribution in [0.5, 0.6) is 11.5 Å². The third-order valence-corrected chi connectivity index (χ3v) is 3.42. The number of hydrogen-bond acceptors (Lipinski definition) is 4. The zero-order chi connectivity index (χ0) is 13.8. The van der Waals surface area contributed by atoms with Crippen LogP contribution in [-0.2, 0) is 13.0 Å². The maximum absolute atomic E-state index is 6.14. The Kier molecular flexibility index (Phi) is 4.08. The number of H-pyrrole nitrogens is 1. The Morgan fingerprint density at radius 2 is 2.30 bits per heavy atom. The molecule has 2 aromatic rings. The Hall–Kier alpha value is -1.72. The topological polar surface area (TPSA) is 59.2 Å². The van der Waals surface area contributed by atoms with Crippen molar-refractivity contribution >= 4 is 11.6 Å². The number of hydrogen-bond donors (Lipinski definition) is 2. The molecule has 106 valence electrons.